The molecule has 0 radical (unpaired) electrons. The van der Waals surface area contributed by atoms with E-state index in [0.29, 0.717) is 17.9 Å². The molecule has 0 aromatic carbocycles. The highest BCUT2D eigenvalue weighted by molar-refractivity contribution is 5.85. The van der Waals surface area contributed by atoms with Gasteiger partial charge in [-0.1, -0.05) is 26.7 Å². The molecule has 0 bridgehead atoms. The molecule has 1 saturated carbocycles. The monoisotopic (exact) mass is 354 g/mol. The van der Waals surface area contributed by atoms with E-state index in [1.165, 1.54) is 24.8 Å². The van der Waals surface area contributed by atoms with Crippen molar-refractivity contribution >= 4 is 18.3 Å². The highest BCUT2D eigenvalue weighted by atomic mass is 35.5. The largest absolute Gasteiger partial charge is 0.353 e. The topological polar surface area (TPSA) is 59.0 Å². The Kier molecular flexibility index (Phi) is 6.70. The molecule has 24 heavy (non-hydrogen) atoms. The second-order valence-corrected chi connectivity index (χ2v) is 7.63. The number of aromatic nitrogens is 2. The second-order valence-electron chi connectivity index (χ2n) is 7.63. The van der Waals surface area contributed by atoms with E-state index in [1.807, 2.05) is 24.1 Å². The number of nitrogens with one attached hydrogen (secondary N) is 2. The average molecular weight is 355 g/mol. The second kappa shape index (κ2) is 8.34. The Balaban J connectivity index is 0.00000208. The highest BCUT2D eigenvalue weighted by Gasteiger charge is 2.37. The van der Waals surface area contributed by atoms with Crippen LogP contribution in [0.15, 0.2) is 12.4 Å². The van der Waals surface area contributed by atoms with Crippen molar-refractivity contribution in [2.24, 2.45) is 24.8 Å². The first-order chi connectivity index (χ1) is 11.1. The Morgan fingerprint density at radius 1 is 1.33 bits per heavy atom. The van der Waals surface area contributed by atoms with Gasteiger partial charge in [0, 0.05) is 38.3 Å². The molecular weight excluding hydrogens is 324 g/mol. The number of rotatable bonds is 4. The summed E-state index contributed by atoms with van der Waals surface area (Å²) in [6.07, 6.45) is 8.86. The molecule has 1 saturated heterocycles. The summed E-state index contributed by atoms with van der Waals surface area (Å²) in [5.74, 6) is 1.75. The Hall–Kier alpha value is -1.07. The lowest BCUT2D eigenvalue weighted by molar-refractivity contribution is -0.126. The lowest BCUT2D eigenvalue weighted by Gasteiger charge is -2.35. The van der Waals surface area contributed by atoms with E-state index in [4.69, 9.17) is 0 Å². The molecule has 2 N–H and O–H groups in total. The molecule has 1 amide bonds. The number of nitrogens with zero attached hydrogens (tertiary/aromatic N) is 2. The van der Waals surface area contributed by atoms with Gasteiger partial charge in [-0.05, 0) is 30.2 Å². The van der Waals surface area contributed by atoms with Gasteiger partial charge in [0.2, 0.25) is 5.91 Å². The summed E-state index contributed by atoms with van der Waals surface area (Å²) in [6.45, 7) is 6.20. The molecule has 6 heteroatoms. The van der Waals surface area contributed by atoms with Crippen LogP contribution in [0.2, 0.25) is 0 Å². The van der Waals surface area contributed by atoms with Crippen LogP contribution in [0.4, 0.5) is 0 Å². The van der Waals surface area contributed by atoms with E-state index in [2.05, 4.69) is 29.6 Å². The third-order valence-corrected chi connectivity index (χ3v) is 5.71. The smallest absolute Gasteiger partial charge is 0.225 e. The summed E-state index contributed by atoms with van der Waals surface area (Å²) >= 11 is 0. The zero-order chi connectivity index (χ0) is 16.4. The molecule has 1 aromatic heterocycles. The normalized spacial score (nSPS) is 30.2. The van der Waals surface area contributed by atoms with Gasteiger partial charge in [0.15, 0.2) is 0 Å². The fourth-order valence-corrected chi connectivity index (χ4v) is 4.36. The molecule has 136 valence electrons. The molecule has 5 nitrogen and oxygen atoms in total. The third-order valence-electron chi connectivity index (χ3n) is 5.71. The van der Waals surface area contributed by atoms with Crippen molar-refractivity contribution < 1.29 is 4.79 Å². The number of carbonyl (C=O) groups is 1. The van der Waals surface area contributed by atoms with Crippen LogP contribution in [0.3, 0.4) is 0 Å². The van der Waals surface area contributed by atoms with Crippen LogP contribution in [0.25, 0.3) is 0 Å². The highest BCUT2D eigenvalue weighted by Crippen LogP contribution is 2.32. The van der Waals surface area contributed by atoms with Crippen molar-refractivity contribution in [2.45, 2.75) is 51.5 Å². The van der Waals surface area contributed by atoms with E-state index < -0.39 is 0 Å². The molecule has 2 fully saturated rings. The van der Waals surface area contributed by atoms with E-state index >= 15 is 0 Å². The van der Waals surface area contributed by atoms with E-state index in [-0.39, 0.29) is 30.2 Å². The molecule has 4 atom stereocenters. The van der Waals surface area contributed by atoms with E-state index in [0.717, 1.165) is 19.5 Å². The Morgan fingerprint density at radius 3 is 2.75 bits per heavy atom. The number of amides is 1. The summed E-state index contributed by atoms with van der Waals surface area (Å²) in [6, 6.07) is 0.353. The van der Waals surface area contributed by atoms with Gasteiger partial charge in [-0.3, -0.25) is 9.48 Å². The van der Waals surface area contributed by atoms with E-state index in [1.54, 1.807) is 0 Å². The minimum Gasteiger partial charge on any atom is -0.353 e. The zero-order valence-corrected chi connectivity index (χ0v) is 15.8. The number of hydrogen-bond donors (Lipinski definition) is 2. The summed E-state index contributed by atoms with van der Waals surface area (Å²) < 4.78 is 1.82. The van der Waals surface area contributed by atoms with Gasteiger partial charge >= 0.3 is 0 Å². The quantitative estimate of drug-likeness (QED) is 0.873. The van der Waals surface area contributed by atoms with Gasteiger partial charge in [0.05, 0.1) is 12.1 Å². The van der Waals surface area contributed by atoms with Crippen LogP contribution < -0.4 is 10.6 Å². The van der Waals surface area contributed by atoms with Crippen molar-refractivity contribution in [2.75, 3.05) is 13.1 Å². The maximum Gasteiger partial charge on any atom is 0.225 e. The summed E-state index contributed by atoms with van der Waals surface area (Å²) in [5, 5.41) is 11.0. The van der Waals surface area contributed by atoms with Crippen molar-refractivity contribution in [3.05, 3.63) is 18.0 Å². The first kappa shape index (κ1) is 19.3. The molecule has 1 aliphatic carbocycles. The molecule has 2 aliphatic rings. The van der Waals surface area contributed by atoms with Crippen LogP contribution >= 0.6 is 12.4 Å². The number of halogens is 1. The van der Waals surface area contributed by atoms with Gasteiger partial charge < -0.3 is 10.6 Å². The summed E-state index contributed by atoms with van der Waals surface area (Å²) in [4.78, 5) is 12.9. The summed E-state index contributed by atoms with van der Waals surface area (Å²) in [5.41, 5.74) is 1.17. The van der Waals surface area contributed by atoms with Crippen molar-refractivity contribution in [3.8, 4) is 0 Å². The molecule has 3 rings (SSSR count). The van der Waals surface area contributed by atoms with Gasteiger partial charge in [0.25, 0.3) is 0 Å². The first-order valence-electron chi connectivity index (χ1n) is 9.06. The molecule has 0 spiro atoms. The van der Waals surface area contributed by atoms with Crippen LogP contribution in [-0.4, -0.2) is 34.8 Å². The van der Waals surface area contributed by atoms with Crippen molar-refractivity contribution in [3.63, 3.8) is 0 Å². The maximum atomic E-state index is 12.9. The van der Waals surface area contributed by atoms with Crippen molar-refractivity contribution in [1.82, 2.24) is 20.4 Å². The predicted octanol–water partition coefficient (Wildman–Crippen LogP) is 2.48. The number of carbonyl (C=O) groups excluding carboxylic acids is 1. The van der Waals surface area contributed by atoms with Gasteiger partial charge in [-0.15, -0.1) is 12.4 Å². The van der Waals surface area contributed by atoms with Gasteiger partial charge in [-0.25, -0.2) is 0 Å². The molecule has 1 aromatic rings. The summed E-state index contributed by atoms with van der Waals surface area (Å²) in [7, 11) is 1.93. The fourth-order valence-electron chi connectivity index (χ4n) is 4.36. The van der Waals surface area contributed by atoms with Crippen LogP contribution in [0, 0.1) is 17.8 Å². The molecule has 2 heterocycles. The standard InChI is InChI=1S/C18H30N4O.ClH/c1-12(2)14-6-4-5-7-17(14)21-18(23)16-10-19-9-15(16)13-8-20-22(3)11-13;/h8,11-12,14-17,19H,4-7,9-10H2,1-3H3,(H,21,23);1H/t14?,15-,16+,17?;/m1./s1. The first-order valence-corrected chi connectivity index (χ1v) is 9.06. The predicted molar refractivity (Wildman–Crippen MR) is 98.3 cm³/mol. The number of hydrogen-bond acceptors (Lipinski definition) is 3. The van der Waals surface area contributed by atoms with Crippen LogP contribution in [0.5, 0.6) is 0 Å². The lowest BCUT2D eigenvalue weighted by atomic mass is 9.77. The SMILES string of the molecule is CC(C)C1CCCCC1NC(=O)[C@H]1CNC[C@@H]1c1cnn(C)c1.Cl. The fraction of sp³-hybridized carbons (Fsp3) is 0.778. The Bertz CT molecular complexity index is 545. The molecule has 1 aliphatic heterocycles. The van der Waals surface area contributed by atoms with Gasteiger partial charge in [-0.2, -0.15) is 5.10 Å². The Labute approximate surface area is 151 Å². The average Bonchev–Trinajstić information content (AvgIpc) is 3.15. The maximum absolute atomic E-state index is 12.9. The van der Waals surface area contributed by atoms with E-state index in [9.17, 15) is 4.79 Å². The lowest BCUT2D eigenvalue weighted by Crippen LogP contribution is -2.47. The molecular formula is C18H31ClN4O. The van der Waals surface area contributed by atoms with Crippen LogP contribution in [0.1, 0.15) is 51.0 Å². The van der Waals surface area contributed by atoms with Crippen molar-refractivity contribution in [1.29, 1.82) is 0 Å². The van der Waals surface area contributed by atoms with Gasteiger partial charge in [0.1, 0.15) is 0 Å². The minimum absolute atomic E-state index is 0. The Morgan fingerprint density at radius 2 is 2.08 bits per heavy atom. The molecule has 2 unspecified atom stereocenters. The number of aryl methyl sites for hydroxylation is 1. The van der Waals surface area contributed by atoms with Crippen LogP contribution in [-0.2, 0) is 11.8 Å². The third kappa shape index (κ3) is 4.12. The zero-order valence-electron chi connectivity index (χ0n) is 15.0. The minimum atomic E-state index is 0.